The zero-order valence-electron chi connectivity index (χ0n) is 18.3. The number of allylic oxidation sites excluding steroid dienone is 4. The molecule has 0 fully saturated rings. The second-order valence-electron chi connectivity index (χ2n) is 8.67. The fourth-order valence-electron chi connectivity index (χ4n) is 4.66. The maximum atomic E-state index is 5.22. The monoisotopic (exact) mass is 530 g/mol. The molecule has 0 bridgehead atoms. The van der Waals surface area contributed by atoms with Gasteiger partial charge < -0.3 is 4.57 Å². The maximum absolute atomic E-state index is 5.22. The van der Waals surface area contributed by atoms with E-state index in [1.54, 1.807) is 0 Å². The number of hydrogen-bond donors (Lipinski definition) is 0. The predicted molar refractivity (Wildman–Crippen MR) is 142 cm³/mol. The fraction of sp³-hybridized carbons (Fsp3) is 0.207. The van der Waals surface area contributed by atoms with E-state index in [2.05, 4.69) is 131 Å². The van der Waals surface area contributed by atoms with Crippen molar-refractivity contribution < 1.29 is 0 Å². The first-order chi connectivity index (χ1) is 15.7. The summed E-state index contributed by atoms with van der Waals surface area (Å²) in [5, 5.41) is 0. The maximum Gasteiger partial charge on any atom is 0.117 e. The highest BCUT2D eigenvalue weighted by Gasteiger charge is 2.27. The quantitative estimate of drug-likeness (QED) is 0.234. The van der Waals surface area contributed by atoms with Crippen molar-refractivity contribution in [2.75, 3.05) is 0 Å². The molecule has 0 saturated heterocycles. The second kappa shape index (κ2) is 9.45. The number of rotatable bonds is 6. The number of para-hydroxylation sites is 2. The number of nitrogens with zero attached hydrogens (tertiary/aromatic N) is 2. The molecule has 0 N–H and O–H groups in total. The predicted octanol–water partition coefficient (Wildman–Crippen LogP) is 7.70. The summed E-state index contributed by atoms with van der Waals surface area (Å²) >= 11 is 2.48. The number of aromatic nitrogens is 2. The van der Waals surface area contributed by atoms with E-state index in [0.717, 1.165) is 24.9 Å². The summed E-state index contributed by atoms with van der Waals surface area (Å²) in [5.74, 6) is 1.97. The van der Waals surface area contributed by atoms with Crippen molar-refractivity contribution in [1.29, 1.82) is 0 Å². The number of benzene rings is 3. The van der Waals surface area contributed by atoms with E-state index in [0.29, 0.717) is 5.92 Å². The number of imidazole rings is 1. The van der Waals surface area contributed by atoms with E-state index in [1.165, 1.54) is 31.6 Å². The van der Waals surface area contributed by atoms with Crippen LogP contribution in [-0.4, -0.2) is 9.55 Å². The molecule has 0 spiro atoms. The highest BCUT2D eigenvalue weighted by Crippen LogP contribution is 2.39. The van der Waals surface area contributed by atoms with Gasteiger partial charge in [0.15, 0.2) is 0 Å². The molecule has 2 nitrogen and oxygen atoms in total. The Bertz CT molecular complexity index is 1270. The molecule has 1 aromatic heterocycles. The molecular weight excluding hydrogens is 503 g/mol. The van der Waals surface area contributed by atoms with E-state index in [9.17, 15) is 0 Å². The highest BCUT2D eigenvalue weighted by atomic mass is 127. The molecular formula is C29H27IN2. The highest BCUT2D eigenvalue weighted by molar-refractivity contribution is 14.1. The molecule has 0 radical (unpaired) electrons. The van der Waals surface area contributed by atoms with Crippen molar-refractivity contribution in [2.24, 2.45) is 5.92 Å². The molecule has 160 valence electrons. The van der Waals surface area contributed by atoms with Crippen LogP contribution >= 0.6 is 22.6 Å². The normalized spacial score (nSPS) is 17.1. The smallest absolute Gasteiger partial charge is 0.117 e. The first-order valence-corrected chi connectivity index (χ1v) is 12.4. The summed E-state index contributed by atoms with van der Waals surface area (Å²) in [7, 11) is 0. The minimum atomic E-state index is 0.247. The first kappa shape index (κ1) is 21.2. The Labute approximate surface area is 203 Å². The zero-order valence-corrected chi connectivity index (χ0v) is 20.4. The van der Waals surface area contributed by atoms with Crippen molar-refractivity contribution in [3.63, 3.8) is 0 Å². The average Bonchev–Trinajstić information content (AvgIpc) is 3.19. The van der Waals surface area contributed by atoms with Gasteiger partial charge in [-0.15, -0.1) is 0 Å². The standard InChI is InChI=1S/C29H27IN2/c1-21-18-24(16-17-26(21)30)25(19-22-10-4-2-5-11-22)29-31-27-14-8-9-15-28(27)32(29)20-23-12-6-3-7-13-23/h2-17,21,25H,18-20H2,1H3. The summed E-state index contributed by atoms with van der Waals surface area (Å²) in [6.07, 6.45) is 6.69. The molecule has 5 rings (SSSR count). The van der Waals surface area contributed by atoms with E-state index < -0.39 is 0 Å². The summed E-state index contributed by atoms with van der Waals surface area (Å²) in [4.78, 5) is 5.22. The Morgan fingerprint density at radius 2 is 1.53 bits per heavy atom. The van der Waals surface area contributed by atoms with Gasteiger partial charge in [0.05, 0.1) is 11.0 Å². The van der Waals surface area contributed by atoms with E-state index in [4.69, 9.17) is 4.98 Å². The fourth-order valence-corrected chi connectivity index (χ4v) is 5.06. The van der Waals surface area contributed by atoms with Gasteiger partial charge in [-0.2, -0.15) is 0 Å². The molecule has 3 aromatic carbocycles. The molecule has 32 heavy (non-hydrogen) atoms. The van der Waals surface area contributed by atoms with Crippen LogP contribution in [0, 0.1) is 5.92 Å². The third-order valence-electron chi connectivity index (χ3n) is 6.38. The lowest BCUT2D eigenvalue weighted by Crippen LogP contribution is -2.17. The molecule has 3 heteroatoms. The van der Waals surface area contributed by atoms with Gasteiger partial charge >= 0.3 is 0 Å². The lowest BCUT2D eigenvalue weighted by Gasteiger charge is -2.26. The lowest BCUT2D eigenvalue weighted by molar-refractivity contribution is 0.595. The van der Waals surface area contributed by atoms with Gasteiger partial charge in [0.1, 0.15) is 5.82 Å². The Morgan fingerprint density at radius 3 is 2.25 bits per heavy atom. The third kappa shape index (κ3) is 4.44. The van der Waals surface area contributed by atoms with Crippen LogP contribution in [0.2, 0.25) is 0 Å². The van der Waals surface area contributed by atoms with Crippen LogP contribution in [-0.2, 0) is 13.0 Å². The Hall–Kier alpha value is -2.66. The SMILES string of the molecule is CC1CC(C(Cc2ccccc2)c2nc3ccccc3n2Cc2ccccc2)=CC=C1I. The van der Waals surface area contributed by atoms with Crippen molar-refractivity contribution in [1.82, 2.24) is 9.55 Å². The third-order valence-corrected chi connectivity index (χ3v) is 7.80. The number of halogens is 1. The molecule has 0 aliphatic heterocycles. The van der Waals surface area contributed by atoms with Gasteiger partial charge in [-0.05, 0) is 68.2 Å². The minimum Gasteiger partial charge on any atom is -0.323 e. The summed E-state index contributed by atoms with van der Waals surface area (Å²) in [5.41, 5.74) is 6.42. The van der Waals surface area contributed by atoms with Crippen molar-refractivity contribution in [2.45, 2.75) is 32.2 Å². The van der Waals surface area contributed by atoms with Crippen LogP contribution in [0.3, 0.4) is 0 Å². The van der Waals surface area contributed by atoms with Crippen molar-refractivity contribution in [3.8, 4) is 0 Å². The molecule has 1 heterocycles. The van der Waals surface area contributed by atoms with E-state index >= 15 is 0 Å². The average molecular weight is 530 g/mol. The lowest BCUT2D eigenvalue weighted by atomic mass is 9.83. The molecule has 2 unspecified atom stereocenters. The van der Waals surface area contributed by atoms with Gasteiger partial charge in [-0.25, -0.2) is 4.98 Å². The second-order valence-corrected chi connectivity index (χ2v) is 9.92. The van der Waals surface area contributed by atoms with Crippen LogP contribution in [0.5, 0.6) is 0 Å². The van der Waals surface area contributed by atoms with Gasteiger partial charge in [0.25, 0.3) is 0 Å². The van der Waals surface area contributed by atoms with E-state index in [1.807, 2.05) is 0 Å². The molecule has 4 aromatic rings. The Balaban J connectivity index is 1.65. The van der Waals surface area contributed by atoms with Crippen LogP contribution in [0.15, 0.2) is 106 Å². The summed E-state index contributed by atoms with van der Waals surface area (Å²) < 4.78 is 3.87. The molecule has 1 aliphatic carbocycles. The van der Waals surface area contributed by atoms with Gasteiger partial charge in [-0.3, -0.25) is 0 Å². The minimum absolute atomic E-state index is 0.247. The Morgan fingerprint density at radius 1 is 0.875 bits per heavy atom. The first-order valence-electron chi connectivity index (χ1n) is 11.3. The Kier molecular flexibility index (Phi) is 6.26. The van der Waals surface area contributed by atoms with Crippen LogP contribution in [0.25, 0.3) is 11.0 Å². The van der Waals surface area contributed by atoms with Gasteiger partial charge in [-0.1, -0.05) is 97.4 Å². The van der Waals surface area contributed by atoms with Crippen LogP contribution in [0.1, 0.15) is 36.2 Å². The van der Waals surface area contributed by atoms with Crippen molar-refractivity contribution in [3.05, 3.63) is 123 Å². The largest absolute Gasteiger partial charge is 0.323 e. The van der Waals surface area contributed by atoms with Crippen molar-refractivity contribution >= 4 is 33.6 Å². The number of fused-ring (bicyclic) bond motifs is 1. The summed E-state index contributed by atoms with van der Waals surface area (Å²) in [6.45, 7) is 3.16. The topological polar surface area (TPSA) is 17.8 Å². The van der Waals surface area contributed by atoms with Gasteiger partial charge in [0.2, 0.25) is 0 Å². The molecule has 0 amide bonds. The molecule has 2 atom stereocenters. The van der Waals surface area contributed by atoms with Crippen LogP contribution in [0.4, 0.5) is 0 Å². The molecule has 1 aliphatic rings. The summed E-state index contributed by atoms with van der Waals surface area (Å²) in [6, 6.07) is 30.1. The van der Waals surface area contributed by atoms with Gasteiger partial charge in [0, 0.05) is 12.5 Å². The number of hydrogen-bond acceptors (Lipinski definition) is 1. The zero-order chi connectivity index (χ0) is 21.9. The van der Waals surface area contributed by atoms with Crippen LogP contribution < -0.4 is 0 Å². The van der Waals surface area contributed by atoms with E-state index in [-0.39, 0.29) is 5.92 Å². The molecule has 0 saturated carbocycles.